The molecule has 0 amide bonds. The van der Waals surface area contributed by atoms with Crippen molar-refractivity contribution in [2.24, 2.45) is 10.4 Å². The Balaban J connectivity index is 3.87. The van der Waals surface area contributed by atoms with Crippen LogP contribution in [0.2, 0.25) is 0 Å². The van der Waals surface area contributed by atoms with E-state index in [0.717, 1.165) is 32.3 Å². The van der Waals surface area contributed by atoms with Gasteiger partial charge >= 0.3 is 11.9 Å². The van der Waals surface area contributed by atoms with E-state index in [9.17, 15) is 9.59 Å². The predicted octanol–water partition coefficient (Wildman–Crippen LogP) is 6.31. The monoisotopic (exact) mass is 499 g/mol. The van der Waals surface area contributed by atoms with Crippen LogP contribution >= 0.6 is 0 Å². The van der Waals surface area contributed by atoms with Gasteiger partial charge in [0.05, 0.1) is 19.8 Å². The summed E-state index contributed by atoms with van der Waals surface area (Å²) in [7, 11) is 0. The first-order chi connectivity index (χ1) is 16.8. The average molecular weight is 500 g/mol. The van der Waals surface area contributed by atoms with E-state index in [4.69, 9.17) is 18.9 Å². The Morgan fingerprint density at radius 3 is 1.91 bits per heavy atom. The molecule has 1 unspecified atom stereocenters. The maximum Gasteiger partial charge on any atom is 0.330 e. The summed E-state index contributed by atoms with van der Waals surface area (Å²) in [5.41, 5.74) is -0.455. The first kappa shape index (κ1) is 33.5. The lowest BCUT2D eigenvalue weighted by molar-refractivity contribution is -0.147. The molecule has 0 heterocycles. The molecule has 0 aliphatic heterocycles. The van der Waals surface area contributed by atoms with Gasteiger partial charge in [0.15, 0.2) is 0 Å². The number of esters is 2. The molecular weight excluding hydrogens is 446 g/mol. The highest BCUT2D eigenvalue weighted by molar-refractivity contribution is 5.78. The Hall–Kier alpha value is -1.47. The van der Waals surface area contributed by atoms with Crippen LogP contribution in [0.4, 0.5) is 0 Å². The topological polar surface area (TPSA) is 83.4 Å². The smallest absolute Gasteiger partial charge is 0.330 e. The Bertz CT molecular complexity index is 550. The molecule has 206 valence electrons. The second-order valence-electron chi connectivity index (χ2n) is 9.93. The standard InChI is InChI=1S/C28H53NO6/c1-6-8-10-11-12-13-14-15-16-17-26(30)35-24-28(4,5)23-29-25(3)27(31)34-22-21-33-20-19-32-18-9-7-2/h23,25H,6-22,24H2,1-5H3. The molecule has 0 fully saturated rings. The zero-order chi connectivity index (χ0) is 26.2. The number of ether oxygens (including phenoxy) is 4. The summed E-state index contributed by atoms with van der Waals surface area (Å²) >= 11 is 0. The van der Waals surface area contributed by atoms with Crippen LogP contribution in [0.15, 0.2) is 4.99 Å². The molecule has 0 saturated carbocycles. The molecule has 0 aromatic carbocycles. The maximum atomic E-state index is 12.1. The third-order valence-corrected chi connectivity index (χ3v) is 5.56. The number of unbranched alkanes of at least 4 members (excludes halogenated alkanes) is 9. The van der Waals surface area contributed by atoms with Gasteiger partial charge in [-0.2, -0.15) is 0 Å². The Morgan fingerprint density at radius 2 is 1.29 bits per heavy atom. The summed E-state index contributed by atoms with van der Waals surface area (Å²) in [6.07, 6.45) is 15.3. The molecule has 0 aromatic heterocycles. The van der Waals surface area contributed by atoms with Crippen LogP contribution in [-0.4, -0.2) is 63.8 Å². The van der Waals surface area contributed by atoms with Gasteiger partial charge in [-0.15, -0.1) is 0 Å². The van der Waals surface area contributed by atoms with Crippen LogP contribution in [0.3, 0.4) is 0 Å². The average Bonchev–Trinajstić information content (AvgIpc) is 2.84. The fraction of sp³-hybridized carbons (Fsp3) is 0.893. The molecule has 7 heteroatoms. The summed E-state index contributed by atoms with van der Waals surface area (Å²) in [5, 5.41) is 0. The maximum absolute atomic E-state index is 12.1. The molecule has 0 bridgehead atoms. The van der Waals surface area contributed by atoms with Crippen LogP contribution in [0, 0.1) is 5.41 Å². The van der Waals surface area contributed by atoms with Crippen molar-refractivity contribution in [3.05, 3.63) is 0 Å². The lowest BCUT2D eigenvalue weighted by Crippen LogP contribution is -2.26. The van der Waals surface area contributed by atoms with E-state index in [2.05, 4.69) is 18.8 Å². The molecule has 0 N–H and O–H groups in total. The molecule has 1 atom stereocenters. The molecule has 0 aliphatic rings. The number of carbonyl (C=O) groups is 2. The lowest BCUT2D eigenvalue weighted by Gasteiger charge is -2.19. The summed E-state index contributed by atoms with van der Waals surface area (Å²) in [4.78, 5) is 28.4. The van der Waals surface area contributed by atoms with Crippen molar-refractivity contribution in [3.63, 3.8) is 0 Å². The summed E-state index contributed by atoms with van der Waals surface area (Å²) in [6.45, 7) is 12.4. The van der Waals surface area contributed by atoms with Crippen molar-refractivity contribution >= 4 is 18.2 Å². The van der Waals surface area contributed by atoms with E-state index in [1.165, 1.54) is 44.9 Å². The number of nitrogens with zero attached hydrogens (tertiary/aromatic N) is 1. The largest absolute Gasteiger partial charge is 0.465 e. The van der Waals surface area contributed by atoms with Crippen molar-refractivity contribution in [2.75, 3.05) is 39.6 Å². The normalized spacial score (nSPS) is 12.7. The summed E-state index contributed by atoms with van der Waals surface area (Å²) < 4.78 is 21.4. The van der Waals surface area contributed by atoms with Crippen molar-refractivity contribution in [1.29, 1.82) is 0 Å². The molecule has 0 aromatic rings. The van der Waals surface area contributed by atoms with Crippen molar-refractivity contribution in [2.45, 2.75) is 118 Å². The fourth-order valence-corrected chi connectivity index (χ4v) is 3.22. The lowest BCUT2D eigenvalue weighted by atomic mass is 9.97. The van der Waals surface area contributed by atoms with Crippen LogP contribution in [-0.2, 0) is 28.5 Å². The molecule has 0 saturated heterocycles. The Labute approximate surface area is 214 Å². The highest BCUT2D eigenvalue weighted by atomic mass is 16.6. The molecule has 0 rings (SSSR count). The highest BCUT2D eigenvalue weighted by Crippen LogP contribution is 2.15. The van der Waals surface area contributed by atoms with E-state index in [1.54, 1.807) is 13.1 Å². The van der Waals surface area contributed by atoms with Gasteiger partial charge in [-0.1, -0.05) is 85.5 Å². The summed E-state index contributed by atoms with van der Waals surface area (Å²) in [6, 6.07) is -0.621. The van der Waals surface area contributed by atoms with Crippen LogP contribution < -0.4 is 0 Å². The quantitative estimate of drug-likeness (QED) is 0.0879. The highest BCUT2D eigenvalue weighted by Gasteiger charge is 2.20. The third-order valence-electron chi connectivity index (χ3n) is 5.56. The minimum absolute atomic E-state index is 0.169. The first-order valence-corrected chi connectivity index (χ1v) is 13.8. The number of carbonyl (C=O) groups excluding carboxylic acids is 2. The van der Waals surface area contributed by atoms with Gasteiger partial charge in [0, 0.05) is 24.7 Å². The summed E-state index contributed by atoms with van der Waals surface area (Å²) in [5.74, 6) is -0.570. The zero-order valence-electron chi connectivity index (χ0n) is 23.3. The zero-order valence-corrected chi connectivity index (χ0v) is 23.3. The fourth-order valence-electron chi connectivity index (χ4n) is 3.22. The molecule has 0 aliphatic carbocycles. The van der Waals surface area contributed by atoms with Crippen molar-refractivity contribution in [1.82, 2.24) is 0 Å². The molecule has 0 radical (unpaired) electrons. The van der Waals surface area contributed by atoms with E-state index in [-0.39, 0.29) is 19.2 Å². The van der Waals surface area contributed by atoms with E-state index in [1.807, 2.05) is 13.8 Å². The Morgan fingerprint density at radius 1 is 0.743 bits per heavy atom. The second-order valence-corrected chi connectivity index (χ2v) is 9.93. The predicted molar refractivity (Wildman–Crippen MR) is 142 cm³/mol. The van der Waals surface area contributed by atoms with Gasteiger partial charge in [-0.25, -0.2) is 4.79 Å². The van der Waals surface area contributed by atoms with Gasteiger partial charge in [-0.3, -0.25) is 9.79 Å². The minimum atomic E-state index is -0.621. The minimum Gasteiger partial charge on any atom is -0.465 e. The van der Waals surface area contributed by atoms with Crippen LogP contribution in [0.1, 0.15) is 112 Å². The molecule has 7 nitrogen and oxygen atoms in total. The van der Waals surface area contributed by atoms with E-state index < -0.39 is 17.4 Å². The number of hydrogen-bond acceptors (Lipinski definition) is 7. The van der Waals surface area contributed by atoms with Gasteiger partial charge < -0.3 is 18.9 Å². The number of hydrogen-bond donors (Lipinski definition) is 0. The molecule has 0 spiro atoms. The second kappa shape index (κ2) is 23.0. The van der Waals surface area contributed by atoms with Gasteiger partial charge in [0.2, 0.25) is 0 Å². The first-order valence-electron chi connectivity index (χ1n) is 13.8. The third kappa shape index (κ3) is 22.7. The Kier molecular flexibility index (Phi) is 22.0. The SMILES string of the molecule is CCCCCCCCCCCC(=O)OCC(C)(C)C=NC(C)C(=O)OCCOCCOCCCC. The van der Waals surface area contributed by atoms with Crippen molar-refractivity contribution < 1.29 is 28.5 Å². The van der Waals surface area contributed by atoms with Crippen LogP contribution in [0.25, 0.3) is 0 Å². The number of aliphatic imine (C=N–C) groups is 1. The van der Waals surface area contributed by atoms with Gasteiger partial charge in [0.1, 0.15) is 19.3 Å². The molecular formula is C28H53NO6. The van der Waals surface area contributed by atoms with Gasteiger partial charge in [-0.05, 0) is 19.8 Å². The van der Waals surface area contributed by atoms with Crippen LogP contribution in [0.5, 0.6) is 0 Å². The van der Waals surface area contributed by atoms with Crippen molar-refractivity contribution in [3.8, 4) is 0 Å². The van der Waals surface area contributed by atoms with E-state index >= 15 is 0 Å². The number of rotatable bonds is 24. The molecule has 35 heavy (non-hydrogen) atoms. The van der Waals surface area contributed by atoms with Gasteiger partial charge in [0.25, 0.3) is 0 Å². The van der Waals surface area contributed by atoms with E-state index in [0.29, 0.717) is 26.2 Å².